The molecule has 0 saturated carbocycles. The topological polar surface area (TPSA) is 35.5 Å². The highest BCUT2D eigenvalue weighted by atomic mass is 32.2. The summed E-state index contributed by atoms with van der Waals surface area (Å²) in [5.74, 6) is -0.619. The predicted molar refractivity (Wildman–Crippen MR) is 87.9 cm³/mol. The zero-order valence-electron chi connectivity index (χ0n) is 13.0. The fourth-order valence-electron chi connectivity index (χ4n) is 2.87. The van der Waals surface area contributed by atoms with Crippen LogP contribution in [0.15, 0.2) is 52.3 Å². The Bertz CT molecular complexity index is 610. The normalized spacial score (nSPS) is 26.5. The third-order valence-electron chi connectivity index (χ3n) is 4.19. The van der Waals surface area contributed by atoms with Crippen molar-refractivity contribution in [1.29, 1.82) is 0 Å². The Morgan fingerprint density at radius 3 is 2.59 bits per heavy atom. The summed E-state index contributed by atoms with van der Waals surface area (Å²) in [5.41, 5.74) is 2.17. The molecule has 1 fully saturated rings. The molecule has 0 aliphatic carbocycles. The second kappa shape index (κ2) is 6.49. The van der Waals surface area contributed by atoms with Gasteiger partial charge in [0.05, 0.1) is 24.0 Å². The summed E-state index contributed by atoms with van der Waals surface area (Å²) in [6.07, 6.45) is 5.77. The van der Waals surface area contributed by atoms with E-state index in [1.165, 1.54) is 0 Å². The molecule has 0 radical (unpaired) electrons. The molecule has 2 heterocycles. The maximum absolute atomic E-state index is 12.7. The first-order valence-corrected chi connectivity index (χ1v) is 8.92. The molecule has 0 amide bonds. The highest BCUT2D eigenvalue weighted by Gasteiger charge is 2.35. The van der Waals surface area contributed by atoms with E-state index in [0.29, 0.717) is 11.5 Å². The molecule has 1 saturated heterocycles. The second-order valence-electron chi connectivity index (χ2n) is 5.89. The quantitative estimate of drug-likeness (QED) is 0.849. The van der Waals surface area contributed by atoms with E-state index in [9.17, 15) is 4.21 Å². The first-order chi connectivity index (χ1) is 10.6. The first-order valence-electron chi connectivity index (χ1n) is 7.77. The molecular formula is C18H22O3S. The summed E-state index contributed by atoms with van der Waals surface area (Å²) in [6.45, 7) is 7.41. The lowest BCUT2D eigenvalue weighted by atomic mass is 9.98. The van der Waals surface area contributed by atoms with Gasteiger partial charge in [0, 0.05) is 16.2 Å². The summed E-state index contributed by atoms with van der Waals surface area (Å²) in [4.78, 5) is 1.46. The molecule has 2 aliphatic rings. The molecule has 22 heavy (non-hydrogen) atoms. The number of aryl methyl sites for hydroxylation is 1. The maximum Gasteiger partial charge on any atom is 0.188 e. The van der Waals surface area contributed by atoms with Crippen molar-refractivity contribution in [2.24, 2.45) is 0 Å². The molecule has 1 spiro atoms. The van der Waals surface area contributed by atoms with E-state index in [-0.39, 0.29) is 0 Å². The van der Waals surface area contributed by atoms with Gasteiger partial charge < -0.3 is 9.47 Å². The molecule has 1 aromatic rings. The summed E-state index contributed by atoms with van der Waals surface area (Å²) < 4.78 is 24.4. The average molecular weight is 318 g/mol. The summed E-state index contributed by atoms with van der Waals surface area (Å²) in [5, 5.41) is 0. The van der Waals surface area contributed by atoms with E-state index in [2.05, 4.69) is 6.58 Å². The standard InChI is InChI=1S/C18H22O3S/c1-14-5-7-17(8-6-14)22(19)15(2)16-9-12-21-18(13-16)10-3-4-11-20-18/h5-8,13H,2-4,9-12H2,1H3/t18-,22?/m1/s1. The van der Waals surface area contributed by atoms with Gasteiger partial charge >= 0.3 is 0 Å². The monoisotopic (exact) mass is 318 g/mol. The largest absolute Gasteiger partial charge is 0.346 e. The van der Waals surface area contributed by atoms with E-state index in [1.54, 1.807) is 0 Å². The van der Waals surface area contributed by atoms with Gasteiger partial charge in [-0.25, -0.2) is 4.21 Å². The van der Waals surface area contributed by atoms with E-state index < -0.39 is 16.6 Å². The number of hydrogen-bond donors (Lipinski definition) is 0. The lowest BCUT2D eigenvalue weighted by Gasteiger charge is -2.38. The van der Waals surface area contributed by atoms with Crippen LogP contribution in [0.2, 0.25) is 0 Å². The van der Waals surface area contributed by atoms with Crippen molar-refractivity contribution in [2.75, 3.05) is 13.2 Å². The minimum Gasteiger partial charge on any atom is -0.346 e. The van der Waals surface area contributed by atoms with Crippen LogP contribution >= 0.6 is 0 Å². The van der Waals surface area contributed by atoms with Gasteiger partial charge in [-0.15, -0.1) is 0 Å². The van der Waals surface area contributed by atoms with E-state index in [4.69, 9.17) is 9.47 Å². The highest BCUT2D eigenvalue weighted by Crippen LogP contribution is 2.35. The molecule has 2 aliphatic heterocycles. The SMILES string of the molecule is C=C(C1=C[C@@]2(CCCCO2)OCC1)S(=O)c1ccc(C)cc1. The van der Waals surface area contributed by atoms with Crippen molar-refractivity contribution in [3.63, 3.8) is 0 Å². The predicted octanol–water partition coefficient (Wildman–Crippen LogP) is 3.86. The number of hydrogen-bond acceptors (Lipinski definition) is 3. The third-order valence-corrected chi connectivity index (χ3v) is 5.60. The fourth-order valence-corrected chi connectivity index (χ4v) is 3.94. The van der Waals surface area contributed by atoms with Crippen molar-refractivity contribution in [1.82, 2.24) is 0 Å². The molecule has 3 nitrogen and oxygen atoms in total. The average Bonchev–Trinajstić information content (AvgIpc) is 2.55. The lowest BCUT2D eigenvalue weighted by molar-refractivity contribution is -0.227. The van der Waals surface area contributed by atoms with Crippen LogP contribution in [0.4, 0.5) is 0 Å². The Balaban J connectivity index is 1.81. The highest BCUT2D eigenvalue weighted by molar-refractivity contribution is 7.89. The van der Waals surface area contributed by atoms with E-state index in [0.717, 1.165) is 48.3 Å². The molecule has 4 heteroatoms. The molecule has 1 unspecified atom stereocenters. The molecule has 0 N–H and O–H groups in total. The molecular weight excluding hydrogens is 296 g/mol. The van der Waals surface area contributed by atoms with Gasteiger partial charge in [-0.05, 0) is 50.0 Å². The van der Waals surface area contributed by atoms with Gasteiger partial charge in [-0.2, -0.15) is 0 Å². The first kappa shape index (κ1) is 15.7. The number of benzene rings is 1. The van der Waals surface area contributed by atoms with Gasteiger partial charge in [0.25, 0.3) is 0 Å². The van der Waals surface area contributed by atoms with Crippen LogP contribution in [0.1, 0.15) is 31.2 Å². The van der Waals surface area contributed by atoms with Crippen LogP contribution < -0.4 is 0 Å². The Kier molecular flexibility index (Phi) is 4.62. The van der Waals surface area contributed by atoms with Gasteiger partial charge in [0.2, 0.25) is 0 Å². The zero-order valence-corrected chi connectivity index (χ0v) is 13.8. The van der Waals surface area contributed by atoms with E-state index in [1.807, 2.05) is 37.3 Å². The summed E-state index contributed by atoms with van der Waals surface area (Å²) in [7, 11) is -1.23. The minimum absolute atomic E-state index is 0.593. The summed E-state index contributed by atoms with van der Waals surface area (Å²) >= 11 is 0. The van der Waals surface area contributed by atoms with Gasteiger partial charge in [-0.3, -0.25) is 0 Å². The molecule has 3 rings (SSSR count). The van der Waals surface area contributed by atoms with Gasteiger partial charge in [-0.1, -0.05) is 24.3 Å². The lowest BCUT2D eigenvalue weighted by Crippen LogP contribution is -2.40. The van der Waals surface area contributed by atoms with Crippen LogP contribution in [-0.2, 0) is 20.3 Å². The zero-order chi connectivity index (χ0) is 15.6. The van der Waals surface area contributed by atoms with Crippen molar-refractivity contribution in [3.05, 3.63) is 53.0 Å². The number of rotatable bonds is 3. The van der Waals surface area contributed by atoms with Crippen molar-refractivity contribution < 1.29 is 13.7 Å². The third kappa shape index (κ3) is 3.24. The Labute approximate surface area is 134 Å². The van der Waals surface area contributed by atoms with Crippen LogP contribution in [0.25, 0.3) is 0 Å². The Morgan fingerprint density at radius 2 is 1.91 bits per heavy atom. The Morgan fingerprint density at radius 1 is 1.18 bits per heavy atom. The second-order valence-corrected chi connectivity index (χ2v) is 7.39. The van der Waals surface area contributed by atoms with Crippen LogP contribution in [-0.4, -0.2) is 23.2 Å². The van der Waals surface area contributed by atoms with Crippen molar-refractivity contribution in [2.45, 2.75) is 43.3 Å². The molecule has 0 aromatic heterocycles. The van der Waals surface area contributed by atoms with Crippen LogP contribution in [0, 0.1) is 6.92 Å². The molecule has 1 aromatic carbocycles. The number of ether oxygens (including phenoxy) is 2. The molecule has 0 bridgehead atoms. The molecule has 118 valence electrons. The van der Waals surface area contributed by atoms with Gasteiger partial charge in [0.15, 0.2) is 5.79 Å². The maximum atomic E-state index is 12.7. The molecule has 2 atom stereocenters. The fraction of sp³-hybridized carbons (Fsp3) is 0.444. The number of allylic oxidation sites excluding steroid dienone is 1. The van der Waals surface area contributed by atoms with E-state index >= 15 is 0 Å². The van der Waals surface area contributed by atoms with Crippen molar-refractivity contribution in [3.8, 4) is 0 Å². The Hall–Kier alpha value is -1.23. The van der Waals surface area contributed by atoms with Crippen molar-refractivity contribution >= 4 is 10.8 Å². The smallest absolute Gasteiger partial charge is 0.188 e. The van der Waals surface area contributed by atoms with Crippen LogP contribution in [0.3, 0.4) is 0 Å². The summed E-state index contributed by atoms with van der Waals surface area (Å²) in [6, 6.07) is 7.77. The van der Waals surface area contributed by atoms with Gasteiger partial charge in [0.1, 0.15) is 0 Å². The minimum atomic E-state index is -1.23. The van der Waals surface area contributed by atoms with Crippen LogP contribution in [0.5, 0.6) is 0 Å².